The molecule has 0 saturated carbocycles. The maximum absolute atomic E-state index is 5.60. The van der Waals surface area contributed by atoms with Crippen LogP contribution >= 0.6 is 0 Å². The highest BCUT2D eigenvalue weighted by Gasteiger charge is 1.96. The first-order chi connectivity index (χ1) is 7.95. The molecule has 0 fully saturated rings. The Kier molecular flexibility index (Phi) is 3.83. The van der Waals surface area contributed by atoms with Crippen molar-refractivity contribution in [2.45, 2.75) is 0 Å². The molecule has 1 aliphatic heterocycles. The van der Waals surface area contributed by atoms with Crippen LogP contribution in [-0.4, -0.2) is 18.1 Å². The SMILES string of the molecule is [c]1ccc(OCCN2C=CC=CC=C2)cc1. The molecule has 2 nitrogen and oxygen atoms in total. The van der Waals surface area contributed by atoms with Gasteiger partial charge in [0.2, 0.25) is 0 Å². The zero-order valence-electron chi connectivity index (χ0n) is 9.04. The summed E-state index contributed by atoms with van der Waals surface area (Å²) < 4.78 is 5.60. The Morgan fingerprint density at radius 1 is 1.00 bits per heavy atom. The number of allylic oxidation sites excluding steroid dienone is 4. The fraction of sp³-hybridized carbons (Fsp3) is 0.143. The Labute approximate surface area is 96.1 Å². The van der Waals surface area contributed by atoms with Crippen molar-refractivity contribution in [3.05, 3.63) is 67.0 Å². The molecule has 1 aliphatic rings. The summed E-state index contributed by atoms with van der Waals surface area (Å²) in [5, 5.41) is 0. The first-order valence-electron chi connectivity index (χ1n) is 5.31. The molecule has 0 spiro atoms. The zero-order valence-corrected chi connectivity index (χ0v) is 9.04. The van der Waals surface area contributed by atoms with E-state index in [0.29, 0.717) is 6.61 Å². The maximum Gasteiger partial charge on any atom is 0.119 e. The minimum Gasteiger partial charge on any atom is -0.492 e. The Morgan fingerprint density at radius 3 is 2.38 bits per heavy atom. The van der Waals surface area contributed by atoms with E-state index in [1.807, 2.05) is 61.0 Å². The average Bonchev–Trinajstić information content (AvgIpc) is 2.59. The standard InChI is InChI=1S/C14H14NO/c1-2-7-11-15(10-6-1)12-13-16-14-8-4-3-5-9-14/h1-2,4-11H,12-13H2. The molecule has 0 aromatic heterocycles. The highest BCUT2D eigenvalue weighted by atomic mass is 16.5. The molecule has 0 bridgehead atoms. The van der Waals surface area contributed by atoms with E-state index < -0.39 is 0 Å². The Balaban J connectivity index is 1.76. The molecule has 16 heavy (non-hydrogen) atoms. The van der Waals surface area contributed by atoms with Gasteiger partial charge in [0.1, 0.15) is 12.4 Å². The summed E-state index contributed by atoms with van der Waals surface area (Å²) in [6.07, 6.45) is 12.1. The van der Waals surface area contributed by atoms with Crippen molar-refractivity contribution in [1.82, 2.24) is 4.90 Å². The third-order valence-corrected chi connectivity index (χ3v) is 2.19. The van der Waals surface area contributed by atoms with Crippen molar-refractivity contribution in [2.75, 3.05) is 13.2 Å². The van der Waals surface area contributed by atoms with Crippen molar-refractivity contribution in [3.8, 4) is 5.75 Å². The number of ether oxygens (including phenoxy) is 1. The molecule has 1 radical (unpaired) electrons. The second-order valence-electron chi connectivity index (χ2n) is 3.39. The van der Waals surface area contributed by atoms with Crippen LogP contribution in [0.3, 0.4) is 0 Å². The van der Waals surface area contributed by atoms with Crippen molar-refractivity contribution >= 4 is 0 Å². The van der Waals surface area contributed by atoms with Crippen LogP contribution in [0.15, 0.2) is 61.0 Å². The first kappa shape index (κ1) is 10.6. The van der Waals surface area contributed by atoms with Crippen LogP contribution in [0.1, 0.15) is 0 Å². The van der Waals surface area contributed by atoms with Crippen LogP contribution in [-0.2, 0) is 0 Å². The van der Waals surface area contributed by atoms with E-state index in [0.717, 1.165) is 12.3 Å². The van der Waals surface area contributed by atoms with Gasteiger partial charge in [-0.05, 0) is 30.4 Å². The summed E-state index contributed by atoms with van der Waals surface area (Å²) in [6, 6.07) is 10.5. The van der Waals surface area contributed by atoms with E-state index >= 15 is 0 Å². The van der Waals surface area contributed by atoms with Gasteiger partial charge in [-0.3, -0.25) is 0 Å². The molecule has 0 amide bonds. The van der Waals surface area contributed by atoms with E-state index in [4.69, 9.17) is 4.74 Å². The van der Waals surface area contributed by atoms with Crippen LogP contribution in [0.5, 0.6) is 5.75 Å². The van der Waals surface area contributed by atoms with E-state index in [1.165, 1.54) is 0 Å². The average molecular weight is 212 g/mol. The second kappa shape index (κ2) is 5.81. The lowest BCUT2D eigenvalue weighted by Crippen LogP contribution is -2.17. The Hall–Kier alpha value is -1.96. The molecule has 81 valence electrons. The van der Waals surface area contributed by atoms with Crippen molar-refractivity contribution in [2.24, 2.45) is 0 Å². The number of benzene rings is 1. The highest BCUT2D eigenvalue weighted by molar-refractivity contribution is 5.20. The normalized spacial score (nSPS) is 13.9. The van der Waals surface area contributed by atoms with Crippen molar-refractivity contribution in [1.29, 1.82) is 0 Å². The molecule has 0 atom stereocenters. The van der Waals surface area contributed by atoms with E-state index in [9.17, 15) is 0 Å². The lowest BCUT2D eigenvalue weighted by Gasteiger charge is -2.15. The van der Waals surface area contributed by atoms with Gasteiger partial charge < -0.3 is 9.64 Å². The highest BCUT2D eigenvalue weighted by Crippen LogP contribution is 2.08. The van der Waals surface area contributed by atoms with Gasteiger partial charge in [0.25, 0.3) is 0 Å². The van der Waals surface area contributed by atoms with Crippen LogP contribution < -0.4 is 4.74 Å². The summed E-state index contributed by atoms with van der Waals surface area (Å²) >= 11 is 0. The van der Waals surface area contributed by atoms with E-state index in [1.54, 1.807) is 0 Å². The largest absolute Gasteiger partial charge is 0.492 e. The summed E-state index contributed by atoms with van der Waals surface area (Å²) in [6.45, 7) is 1.51. The summed E-state index contributed by atoms with van der Waals surface area (Å²) in [7, 11) is 0. The monoisotopic (exact) mass is 212 g/mol. The number of rotatable bonds is 4. The summed E-state index contributed by atoms with van der Waals surface area (Å²) in [5.74, 6) is 0.889. The molecule has 1 aromatic rings. The van der Waals surface area contributed by atoms with Crippen LogP contribution in [0.2, 0.25) is 0 Å². The molecule has 0 saturated heterocycles. The van der Waals surface area contributed by atoms with Gasteiger partial charge in [-0.15, -0.1) is 0 Å². The lowest BCUT2D eigenvalue weighted by atomic mass is 10.3. The summed E-state index contributed by atoms with van der Waals surface area (Å²) in [4.78, 5) is 2.09. The molecule has 0 unspecified atom stereocenters. The topological polar surface area (TPSA) is 12.5 Å². The lowest BCUT2D eigenvalue weighted by molar-refractivity contribution is 0.284. The van der Waals surface area contributed by atoms with Crippen LogP contribution in [0.4, 0.5) is 0 Å². The second-order valence-corrected chi connectivity index (χ2v) is 3.39. The van der Waals surface area contributed by atoms with Gasteiger partial charge in [0, 0.05) is 12.4 Å². The van der Waals surface area contributed by atoms with Gasteiger partial charge in [0.05, 0.1) is 6.54 Å². The maximum atomic E-state index is 5.60. The van der Waals surface area contributed by atoms with Crippen LogP contribution in [0.25, 0.3) is 0 Å². The van der Waals surface area contributed by atoms with E-state index in [2.05, 4.69) is 11.0 Å². The van der Waals surface area contributed by atoms with Crippen LogP contribution in [0, 0.1) is 6.07 Å². The molecule has 2 heteroatoms. The van der Waals surface area contributed by atoms with Crippen molar-refractivity contribution < 1.29 is 4.74 Å². The number of hydrogen-bond acceptors (Lipinski definition) is 2. The quantitative estimate of drug-likeness (QED) is 0.761. The molecule has 1 heterocycles. The minimum absolute atomic E-state index is 0.665. The van der Waals surface area contributed by atoms with Crippen molar-refractivity contribution in [3.63, 3.8) is 0 Å². The fourth-order valence-corrected chi connectivity index (χ4v) is 1.38. The van der Waals surface area contributed by atoms with Gasteiger partial charge >= 0.3 is 0 Å². The minimum atomic E-state index is 0.665. The zero-order chi connectivity index (χ0) is 11.1. The molecule has 0 aliphatic carbocycles. The molecule has 2 rings (SSSR count). The third-order valence-electron chi connectivity index (χ3n) is 2.19. The smallest absolute Gasteiger partial charge is 0.119 e. The predicted octanol–water partition coefficient (Wildman–Crippen LogP) is 2.76. The molecule has 0 N–H and O–H groups in total. The Bertz CT molecular complexity index is 376. The van der Waals surface area contributed by atoms with Gasteiger partial charge in [-0.25, -0.2) is 0 Å². The number of nitrogens with zero attached hydrogens (tertiary/aromatic N) is 1. The fourth-order valence-electron chi connectivity index (χ4n) is 1.38. The van der Waals surface area contributed by atoms with Gasteiger partial charge in [-0.1, -0.05) is 24.3 Å². The molecule has 1 aromatic carbocycles. The third kappa shape index (κ3) is 3.31. The Morgan fingerprint density at radius 2 is 1.69 bits per heavy atom. The molecular weight excluding hydrogens is 198 g/mol. The van der Waals surface area contributed by atoms with Gasteiger partial charge in [-0.2, -0.15) is 0 Å². The van der Waals surface area contributed by atoms with E-state index in [-0.39, 0.29) is 0 Å². The van der Waals surface area contributed by atoms with Gasteiger partial charge in [0.15, 0.2) is 0 Å². The molecular formula is C14H14NO. The summed E-state index contributed by atoms with van der Waals surface area (Å²) in [5.41, 5.74) is 0. The first-order valence-corrected chi connectivity index (χ1v) is 5.31. The predicted molar refractivity (Wildman–Crippen MR) is 64.9 cm³/mol. The number of hydrogen-bond donors (Lipinski definition) is 0.